The summed E-state index contributed by atoms with van der Waals surface area (Å²) in [5.74, 6) is 0.165. The van der Waals surface area contributed by atoms with Crippen molar-refractivity contribution in [3.63, 3.8) is 0 Å². The molecule has 114 valence electrons. The number of rotatable bonds is 7. The highest BCUT2D eigenvalue weighted by atomic mass is 19.4. The van der Waals surface area contributed by atoms with Crippen LogP contribution in [-0.4, -0.2) is 35.6 Å². The van der Waals surface area contributed by atoms with E-state index in [-0.39, 0.29) is 24.4 Å². The molecule has 1 unspecified atom stereocenters. The number of aromatic nitrogens is 2. The Morgan fingerprint density at radius 3 is 2.75 bits per heavy atom. The summed E-state index contributed by atoms with van der Waals surface area (Å²) in [6, 6.07) is -0.560. The summed E-state index contributed by atoms with van der Waals surface area (Å²) in [6.45, 7) is -1.50. The van der Waals surface area contributed by atoms with Crippen LogP contribution in [0, 0.1) is 0 Å². The van der Waals surface area contributed by atoms with Crippen molar-refractivity contribution in [3.05, 3.63) is 11.7 Å². The maximum absolute atomic E-state index is 11.9. The van der Waals surface area contributed by atoms with Gasteiger partial charge in [0.15, 0.2) is 5.82 Å². The van der Waals surface area contributed by atoms with Crippen LogP contribution >= 0.6 is 0 Å². The molecule has 0 radical (unpaired) electrons. The van der Waals surface area contributed by atoms with Gasteiger partial charge >= 0.3 is 6.18 Å². The van der Waals surface area contributed by atoms with Gasteiger partial charge in [-0.1, -0.05) is 5.16 Å². The van der Waals surface area contributed by atoms with Crippen LogP contribution in [0.2, 0.25) is 0 Å². The number of ether oxygens (including phenoxy) is 2. The van der Waals surface area contributed by atoms with Gasteiger partial charge in [-0.15, -0.1) is 0 Å². The van der Waals surface area contributed by atoms with E-state index in [2.05, 4.69) is 14.9 Å². The SMILES string of the molecule is NC(COC1CCC1)c1noc(COCC(F)(F)F)n1. The normalized spacial score (nSPS) is 18.0. The monoisotopic (exact) mass is 295 g/mol. The lowest BCUT2D eigenvalue weighted by atomic mass is 9.96. The second-order valence-electron chi connectivity index (χ2n) is 4.65. The average molecular weight is 295 g/mol. The number of hydrogen-bond donors (Lipinski definition) is 1. The summed E-state index contributed by atoms with van der Waals surface area (Å²) in [5.41, 5.74) is 5.80. The lowest BCUT2D eigenvalue weighted by molar-refractivity contribution is -0.178. The third kappa shape index (κ3) is 4.73. The van der Waals surface area contributed by atoms with Gasteiger partial charge in [0.05, 0.1) is 18.8 Å². The molecule has 0 bridgehead atoms. The smallest absolute Gasteiger partial charge is 0.376 e. The van der Waals surface area contributed by atoms with Gasteiger partial charge in [-0.25, -0.2) is 0 Å². The van der Waals surface area contributed by atoms with E-state index in [1.807, 2.05) is 0 Å². The zero-order valence-electron chi connectivity index (χ0n) is 10.7. The molecule has 1 aromatic heterocycles. The molecule has 1 aliphatic carbocycles. The molecule has 1 fully saturated rings. The Kier molecular flexibility index (Phi) is 4.95. The maximum Gasteiger partial charge on any atom is 0.411 e. The molecule has 0 amide bonds. The van der Waals surface area contributed by atoms with Crippen molar-refractivity contribution < 1.29 is 27.2 Å². The first-order chi connectivity index (χ1) is 9.44. The first-order valence-electron chi connectivity index (χ1n) is 6.28. The van der Waals surface area contributed by atoms with Gasteiger partial charge in [0.2, 0.25) is 0 Å². The van der Waals surface area contributed by atoms with E-state index in [0.29, 0.717) is 0 Å². The molecule has 0 spiro atoms. The molecule has 2 N–H and O–H groups in total. The van der Waals surface area contributed by atoms with Crippen molar-refractivity contribution in [2.45, 2.75) is 44.2 Å². The van der Waals surface area contributed by atoms with E-state index in [4.69, 9.17) is 15.0 Å². The van der Waals surface area contributed by atoms with Crippen molar-refractivity contribution in [3.8, 4) is 0 Å². The van der Waals surface area contributed by atoms with Crippen LogP contribution in [0.1, 0.15) is 37.0 Å². The van der Waals surface area contributed by atoms with E-state index in [1.165, 1.54) is 0 Å². The number of alkyl halides is 3. The Balaban J connectivity index is 1.72. The molecule has 1 atom stereocenters. The summed E-state index contributed by atoms with van der Waals surface area (Å²) in [6.07, 6.45) is -0.938. The number of hydrogen-bond acceptors (Lipinski definition) is 6. The first kappa shape index (κ1) is 15.2. The maximum atomic E-state index is 11.9. The summed E-state index contributed by atoms with van der Waals surface area (Å²) < 4.78 is 50.3. The van der Waals surface area contributed by atoms with Crippen LogP contribution in [0.25, 0.3) is 0 Å². The van der Waals surface area contributed by atoms with Gasteiger partial charge in [0.1, 0.15) is 13.2 Å². The Morgan fingerprint density at radius 1 is 1.40 bits per heavy atom. The Morgan fingerprint density at radius 2 is 2.15 bits per heavy atom. The fourth-order valence-corrected chi connectivity index (χ4v) is 1.58. The standard InChI is InChI=1S/C11H16F3N3O3/c12-11(13,14)6-18-5-9-16-10(17-20-9)8(15)4-19-7-2-1-3-7/h7-8H,1-6,15H2. The minimum Gasteiger partial charge on any atom is -0.376 e. The van der Waals surface area contributed by atoms with Gasteiger partial charge < -0.3 is 19.7 Å². The molecule has 9 heteroatoms. The molecule has 20 heavy (non-hydrogen) atoms. The second-order valence-corrected chi connectivity index (χ2v) is 4.65. The molecule has 1 saturated carbocycles. The third-order valence-electron chi connectivity index (χ3n) is 2.87. The largest absolute Gasteiger partial charge is 0.411 e. The highest BCUT2D eigenvalue weighted by Gasteiger charge is 2.28. The predicted molar refractivity (Wildman–Crippen MR) is 60.5 cm³/mol. The van der Waals surface area contributed by atoms with Gasteiger partial charge in [-0.3, -0.25) is 0 Å². The Bertz CT molecular complexity index is 421. The fraction of sp³-hybridized carbons (Fsp3) is 0.818. The van der Waals surface area contributed by atoms with Gasteiger partial charge in [-0.05, 0) is 19.3 Å². The van der Waals surface area contributed by atoms with Crippen molar-refractivity contribution >= 4 is 0 Å². The quantitative estimate of drug-likeness (QED) is 0.824. The minimum absolute atomic E-state index is 0.0386. The molecule has 1 heterocycles. The van der Waals surface area contributed by atoms with Gasteiger partial charge in [-0.2, -0.15) is 18.2 Å². The van der Waals surface area contributed by atoms with Crippen LogP contribution < -0.4 is 5.73 Å². The minimum atomic E-state index is -4.38. The van der Waals surface area contributed by atoms with E-state index in [1.54, 1.807) is 0 Å². The molecule has 1 aromatic rings. The van der Waals surface area contributed by atoms with E-state index in [0.717, 1.165) is 19.3 Å². The number of halogens is 3. The third-order valence-corrected chi connectivity index (χ3v) is 2.87. The van der Waals surface area contributed by atoms with E-state index < -0.39 is 25.4 Å². The highest BCUT2D eigenvalue weighted by molar-refractivity contribution is 4.92. The van der Waals surface area contributed by atoms with Crippen LogP contribution in [0.15, 0.2) is 4.52 Å². The number of nitrogens with two attached hydrogens (primary N) is 1. The summed E-state index contributed by atoms with van der Waals surface area (Å²) in [4.78, 5) is 3.88. The molecule has 6 nitrogen and oxygen atoms in total. The zero-order valence-corrected chi connectivity index (χ0v) is 10.7. The summed E-state index contributed by atoms with van der Waals surface area (Å²) in [5, 5.41) is 3.60. The van der Waals surface area contributed by atoms with Crippen LogP contribution in [0.5, 0.6) is 0 Å². The topological polar surface area (TPSA) is 83.4 Å². The molecule has 0 aromatic carbocycles. The predicted octanol–water partition coefficient (Wildman–Crippen LogP) is 1.72. The molecule has 0 aliphatic heterocycles. The fourth-order valence-electron chi connectivity index (χ4n) is 1.58. The molecular formula is C11H16F3N3O3. The Labute approximate surface area is 113 Å². The van der Waals surface area contributed by atoms with E-state index in [9.17, 15) is 13.2 Å². The Hall–Kier alpha value is -1.19. The molecule has 0 saturated heterocycles. The summed E-state index contributed by atoms with van der Waals surface area (Å²) in [7, 11) is 0. The average Bonchev–Trinajstić information content (AvgIpc) is 2.73. The van der Waals surface area contributed by atoms with Crippen LogP contribution in [0.3, 0.4) is 0 Å². The molecule has 1 aliphatic rings. The molecular weight excluding hydrogens is 279 g/mol. The van der Waals surface area contributed by atoms with Gasteiger partial charge in [0, 0.05) is 0 Å². The second kappa shape index (κ2) is 6.51. The first-order valence-corrected chi connectivity index (χ1v) is 6.28. The van der Waals surface area contributed by atoms with Crippen LogP contribution in [-0.2, 0) is 16.1 Å². The summed E-state index contributed by atoms with van der Waals surface area (Å²) >= 11 is 0. The lowest BCUT2D eigenvalue weighted by Crippen LogP contribution is -2.27. The molecule has 2 rings (SSSR count). The zero-order chi connectivity index (χ0) is 14.6. The van der Waals surface area contributed by atoms with Crippen molar-refractivity contribution in [1.29, 1.82) is 0 Å². The lowest BCUT2D eigenvalue weighted by Gasteiger charge is -2.26. The highest BCUT2D eigenvalue weighted by Crippen LogP contribution is 2.23. The van der Waals surface area contributed by atoms with Crippen molar-refractivity contribution in [2.75, 3.05) is 13.2 Å². The van der Waals surface area contributed by atoms with Crippen molar-refractivity contribution in [1.82, 2.24) is 10.1 Å². The van der Waals surface area contributed by atoms with E-state index >= 15 is 0 Å². The van der Waals surface area contributed by atoms with Gasteiger partial charge in [0.25, 0.3) is 5.89 Å². The van der Waals surface area contributed by atoms with Crippen LogP contribution in [0.4, 0.5) is 13.2 Å². The number of nitrogens with zero attached hydrogens (tertiary/aromatic N) is 2. The van der Waals surface area contributed by atoms with Crippen molar-refractivity contribution in [2.24, 2.45) is 5.73 Å².